The first-order chi connectivity index (χ1) is 7.35. The van der Waals surface area contributed by atoms with Crippen molar-refractivity contribution in [2.45, 2.75) is 38.2 Å². The van der Waals surface area contributed by atoms with Gasteiger partial charge in [0.15, 0.2) is 0 Å². The van der Waals surface area contributed by atoms with Crippen LogP contribution < -0.4 is 5.32 Å². The molecular weight excluding hydrogens is 206 g/mol. The van der Waals surface area contributed by atoms with E-state index < -0.39 is 0 Å². The number of nitrogens with one attached hydrogen (secondary N) is 1. The Morgan fingerprint density at radius 3 is 2.93 bits per heavy atom. The zero-order valence-corrected chi connectivity index (χ0v) is 10.6. The Morgan fingerprint density at radius 2 is 2.20 bits per heavy atom. The lowest BCUT2D eigenvalue weighted by Gasteiger charge is -2.43. The Morgan fingerprint density at radius 1 is 1.40 bits per heavy atom. The van der Waals surface area contributed by atoms with Gasteiger partial charge in [0.2, 0.25) is 0 Å². The molecule has 1 N–H and O–H groups in total. The van der Waals surface area contributed by atoms with Crippen molar-refractivity contribution in [2.75, 3.05) is 31.2 Å². The van der Waals surface area contributed by atoms with Crippen molar-refractivity contribution in [1.82, 2.24) is 5.32 Å². The van der Waals surface area contributed by atoms with Gasteiger partial charge in [0, 0.05) is 6.61 Å². The van der Waals surface area contributed by atoms with E-state index in [1.54, 1.807) is 0 Å². The van der Waals surface area contributed by atoms with Gasteiger partial charge in [-0.2, -0.15) is 11.8 Å². The summed E-state index contributed by atoms with van der Waals surface area (Å²) in [6.07, 6.45) is 5.10. The summed E-state index contributed by atoms with van der Waals surface area (Å²) in [6, 6.07) is 0. The normalized spacial score (nSPS) is 30.6. The zero-order valence-electron chi connectivity index (χ0n) is 9.76. The molecule has 1 unspecified atom stereocenters. The van der Waals surface area contributed by atoms with Crippen molar-refractivity contribution in [1.29, 1.82) is 0 Å². The summed E-state index contributed by atoms with van der Waals surface area (Å²) in [4.78, 5) is 0. The summed E-state index contributed by atoms with van der Waals surface area (Å²) in [5, 5.41) is 3.48. The minimum atomic E-state index is 0.267. The number of thioether (sulfide) groups is 1. The molecule has 2 rings (SSSR count). The van der Waals surface area contributed by atoms with Crippen LogP contribution in [0.1, 0.15) is 32.6 Å². The van der Waals surface area contributed by atoms with Gasteiger partial charge in [-0.25, -0.2) is 0 Å². The van der Waals surface area contributed by atoms with E-state index in [-0.39, 0.29) is 5.60 Å². The van der Waals surface area contributed by atoms with Crippen LogP contribution >= 0.6 is 11.8 Å². The van der Waals surface area contributed by atoms with Crippen LogP contribution in [0.25, 0.3) is 0 Å². The Bertz CT molecular complexity index is 187. The maximum absolute atomic E-state index is 6.08. The first-order valence-corrected chi connectivity index (χ1v) is 7.42. The van der Waals surface area contributed by atoms with Gasteiger partial charge in [-0.3, -0.25) is 0 Å². The first kappa shape index (κ1) is 11.7. The van der Waals surface area contributed by atoms with Crippen LogP contribution in [0, 0.1) is 5.92 Å². The van der Waals surface area contributed by atoms with Gasteiger partial charge in [0.25, 0.3) is 0 Å². The van der Waals surface area contributed by atoms with Gasteiger partial charge < -0.3 is 10.1 Å². The van der Waals surface area contributed by atoms with Crippen molar-refractivity contribution in [3.05, 3.63) is 0 Å². The van der Waals surface area contributed by atoms with Crippen molar-refractivity contribution in [3.8, 4) is 0 Å². The second kappa shape index (κ2) is 5.55. The van der Waals surface area contributed by atoms with Gasteiger partial charge in [-0.05, 0) is 56.2 Å². The summed E-state index contributed by atoms with van der Waals surface area (Å²) in [5.74, 6) is 3.45. The third-order valence-electron chi connectivity index (χ3n) is 3.68. The highest BCUT2D eigenvalue weighted by Gasteiger charge is 2.38. The van der Waals surface area contributed by atoms with E-state index in [0.29, 0.717) is 0 Å². The van der Waals surface area contributed by atoms with E-state index in [9.17, 15) is 0 Å². The van der Waals surface area contributed by atoms with Crippen molar-refractivity contribution in [2.24, 2.45) is 5.92 Å². The minimum Gasteiger partial charge on any atom is -0.375 e. The van der Waals surface area contributed by atoms with Crippen LogP contribution in [0.4, 0.5) is 0 Å². The van der Waals surface area contributed by atoms with Crippen molar-refractivity contribution >= 4 is 11.8 Å². The average molecular weight is 229 g/mol. The lowest BCUT2D eigenvalue weighted by atomic mass is 9.82. The van der Waals surface area contributed by atoms with Gasteiger partial charge in [-0.1, -0.05) is 6.92 Å². The Labute approximate surface area is 97.5 Å². The molecule has 2 fully saturated rings. The molecule has 88 valence electrons. The smallest absolute Gasteiger partial charge is 0.0701 e. The summed E-state index contributed by atoms with van der Waals surface area (Å²) in [6.45, 7) is 5.46. The molecular formula is C12H23NOS. The van der Waals surface area contributed by atoms with E-state index >= 15 is 0 Å². The summed E-state index contributed by atoms with van der Waals surface area (Å²) >= 11 is 2.09. The van der Waals surface area contributed by atoms with Crippen LogP contribution in [0.2, 0.25) is 0 Å². The van der Waals surface area contributed by atoms with E-state index in [1.165, 1.54) is 43.7 Å². The molecule has 2 aliphatic heterocycles. The Kier molecular flexibility index (Phi) is 4.35. The standard InChI is InChI=1S/C12H23NOS/c1-2-13-10-11-3-6-14-12(9-11)4-7-15-8-5-12/h11,13H,2-10H2,1H3. The predicted molar refractivity (Wildman–Crippen MR) is 66.5 cm³/mol. The van der Waals surface area contributed by atoms with E-state index in [4.69, 9.17) is 4.74 Å². The molecule has 2 heterocycles. The van der Waals surface area contributed by atoms with Crippen LogP contribution in [0.5, 0.6) is 0 Å². The molecule has 0 aliphatic carbocycles. The predicted octanol–water partition coefficient (Wildman–Crippen LogP) is 2.29. The van der Waals surface area contributed by atoms with E-state index in [2.05, 4.69) is 24.0 Å². The molecule has 0 aromatic heterocycles. The van der Waals surface area contributed by atoms with E-state index in [1.807, 2.05) is 0 Å². The lowest BCUT2D eigenvalue weighted by Crippen LogP contribution is -2.44. The molecule has 2 aliphatic rings. The highest BCUT2D eigenvalue weighted by atomic mass is 32.2. The van der Waals surface area contributed by atoms with Crippen LogP contribution in [0.15, 0.2) is 0 Å². The lowest BCUT2D eigenvalue weighted by molar-refractivity contribution is -0.101. The molecule has 1 spiro atoms. The molecule has 0 aromatic rings. The van der Waals surface area contributed by atoms with Crippen LogP contribution in [0.3, 0.4) is 0 Å². The Balaban J connectivity index is 1.85. The van der Waals surface area contributed by atoms with Gasteiger partial charge in [0.05, 0.1) is 5.60 Å². The topological polar surface area (TPSA) is 21.3 Å². The third-order valence-corrected chi connectivity index (χ3v) is 4.67. The third kappa shape index (κ3) is 3.11. The maximum Gasteiger partial charge on any atom is 0.0701 e. The highest BCUT2D eigenvalue weighted by Crippen LogP contribution is 2.39. The van der Waals surface area contributed by atoms with Crippen LogP contribution in [-0.4, -0.2) is 36.8 Å². The SMILES string of the molecule is CCNCC1CCOC2(CCSCC2)C1. The molecule has 0 saturated carbocycles. The zero-order chi connectivity index (χ0) is 10.6. The number of ether oxygens (including phenoxy) is 1. The molecule has 0 radical (unpaired) electrons. The quantitative estimate of drug-likeness (QED) is 0.802. The van der Waals surface area contributed by atoms with Gasteiger partial charge in [-0.15, -0.1) is 0 Å². The minimum absolute atomic E-state index is 0.267. The Hall–Kier alpha value is 0.270. The van der Waals surface area contributed by atoms with E-state index in [0.717, 1.165) is 19.1 Å². The monoisotopic (exact) mass is 229 g/mol. The molecule has 0 amide bonds. The number of hydrogen-bond acceptors (Lipinski definition) is 3. The summed E-state index contributed by atoms with van der Waals surface area (Å²) in [5.41, 5.74) is 0.267. The molecule has 15 heavy (non-hydrogen) atoms. The molecule has 1 atom stereocenters. The van der Waals surface area contributed by atoms with Gasteiger partial charge >= 0.3 is 0 Å². The van der Waals surface area contributed by atoms with Crippen molar-refractivity contribution < 1.29 is 4.74 Å². The van der Waals surface area contributed by atoms with Crippen molar-refractivity contribution in [3.63, 3.8) is 0 Å². The molecule has 3 heteroatoms. The summed E-state index contributed by atoms with van der Waals surface area (Å²) in [7, 11) is 0. The number of rotatable bonds is 3. The van der Waals surface area contributed by atoms with Crippen LogP contribution in [-0.2, 0) is 4.74 Å². The largest absolute Gasteiger partial charge is 0.375 e. The fourth-order valence-corrected chi connectivity index (χ4v) is 3.98. The molecule has 2 nitrogen and oxygen atoms in total. The fraction of sp³-hybridized carbons (Fsp3) is 1.00. The number of hydrogen-bond donors (Lipinski definition) is 1. The molecule has 2 saturated heterocycles. The maximum atomic E-state index is 6.08. The molecule has 0 bridgehead atoms. The second-order valence-electron chi connectivity index (χ2n) is 4.81. The second-order valence-corrected chi connectivity index (χ2v) is 6.04. The van der Waals surface area contributed by atoms with Gasteiger partial charge in [0.1, 0.15) is 0 Å². The molecule has 0 aromatic carbocycles. The average Bonchev–Trinajstić information content (AvgIpc) is 2.28. The first-order valence-electron chi connectivity index (χ1n) is 6.27. The fourth-order valence-electron chi connectivity index (χ4n) is 2.74. The summed E-state index contributed by atoms with van der Waals surface area (Å²) < 4.78 is 6.08. The highest BCUT2D eigenvalue weighted by molar-refractivity contribution is 7.99.